The lowest BCUT2D eigenvalue weighted by Gasteiger charge is -2.34. The minimum absolute atomic E-state index is 0.344. The van der Waals surface area contributed by atoms with Crippen molar-refractivity contribution in [3.63, 3.8) is 0 Å². The van der Waals surface area contributed by atoms with Crippen molar-refractivity contribution >= 4 is 41.0 Å². The molecule has 29 heavy (non-hydrogen) atoms. The number of benzene rings is 1. The van der Waals surface area contributed by atoms with Crippen LogP contribution >= 0.6 is 11.6 Å². The van der Waals surface area contributed by atoms with Crippen molar-refractivity contribution in [1.29, 1.82) is 0 Å². The van der Waals surface area contributed by atoms with Crippen molar-refractivity contribution in [1.82, 2.24) is 0 Å². The van der Waals surface area contributed by atoms with Crippen LogP contribution in [0.15, 0.2) is 30.4 Å². The molecule has 0 spiro atoms. The van der Waals surface area contributed by atoms with E-state index in [0.717, 1.165) is 24.3 Å². The van der Waals surface area contributed by atoms with Crippen LogP contribution in [0.25, 0.3) is 0 Å². The number of ether oxygens (including phenoxy) is 3. The predicted molar refractivity (Wildman–Crippen MR) is 99.7 cm³/mol. The summed E-state index contributed by atoms with van der Waals surface area (Å²) < 4.78 is 16.2. The van der Waals surface area contributed by atoms with Gasteiger partial charge in [-0.05, 0) is 30.7 Å². The van der Waals surface area contributed by atoms with E-state index in [-0.39, 0.29) is 0 Å². The molecule has 0 saturated carbocycles. The Morgan fingerprint density at radius 2 is 1.83 bits per heavy atom. The third-order valence-electron chi connectivity index (χ3n) is 5.41. The van der Waals surface area contributed by atoms with E-state index in [9.17, 15) is 19.2 Å². The van der Waals surface area contributed by atoms with Gasteiger partial charge in [0.15, 0.2) is 5.60 Å². The van der Waals surface area contributed by atoms with Crippen molar-refractivity contribution in [3.8, 4) is 0 Å². The number of nitrogens with zero attached hydrogens (tertiary/aromatic N) is 1. The second-order valence-electron chi connectivity index (χ2n) is 7.29. The fourth-order valence-corrected chi connectivity index (χ4v) is 4.37. The lowest BCUT2D eigenvalue weighted by Crippen LogP contribution is -2.52. The Bertz CT molecular complexity index is 958. The molecule has 2 saturated heterocycles. The maximum absolute atomic E-state index is 13.3. The topological polar surface area (TPSA) is 99.2 Å². The summed E-state index contributed by atoms with van der Waals surface area (Å²) in [5.41, 5.74) is -0.417. The molecule has 2 amide bonds. The number of carbonyl (C=O) groups excluding carboxylic acids is 4. The van der Waals surface area contributed by atoms with Crippen LogP contribution in [0.2, 0.25) is 5.02 Å². The normalized spacial score (nSPS) is 29.6. The molecule has 2 fully saturated rings. The standard InChI is InChI=1S/C20H18ClNO7/c1-9-4-5-12(8-13(9)21)22-17(25)15-14-6-7-20(29-14,16(15)18(22)26)19(27-10(2)23)28-11(3)24/h4-8,14-16,19H,1-3H3/t14-,15-,16+,20+/m0/s1. The van der Waals surface area contributed by atoms with Gasteiger partial charge in [-0.1, -0.05) is 23.7 Å². The Morgan fingerprint density at radius 1 is 1.17 bits per heavy atom. The van der Waals surface area contributed by atoms with Gasteiger partial charge < -0.3 is 14.2 Å². The van der Waals surface area contributed by atoms with Gasteiger partial charge >= 0.3 is 11.9 Å². The second-order valence-corrected chi connectivity index (χ2v) is 7.70. The van der Waals surface area contributed by atoms with Gasteiger partial charge in [0.1, 0.15) is 0 Å². The molecule has 8 nitrogen and oxygen atoms in total. The highest BCUT2D eigenvalue weighted by Crippen LogP contribution is 2.54. The Morgan fingerprint density at radius 3 is 2.41 bits per heavy atom. The Hall–Kier alpha value is -2.71. The van der Waals surface area contributed by atoms with Gasteiger partial charge in [0, 0.05) is 18.9 Å². The second kappa shape index (κ2) is 6.67. The molecule has 0 unspecified atom stereocenters. The van der Waals surface area contributed by atoms with Crippen LogP contribution in [-0.2, 0) is 33.4 Å². The number of hydrogen-bond acceptors (Lipinski definition) is 7. The summed E-state index contributed by atoms with van der Waals surface area (Å²) in [5.74, 6) is -4.23. The summed E-state index contributed by atoms with van der Waals surface area (Å²) in [6, 6.07) is 4.90. The van der Waals surface area contributed by atoms with E-state index < -0.39 is 53.6 Å². The van der Waals surface area contributed by atoms with Gasteiger partial charge in [-0.3, -0.25) is 19.2 Å². The molecule has 9 heteroatoms. The van der Waals surface area contributed by atoms with E-state index in [1.54, 1.807) is 24.3 Å². The van der Waals surface area contributed by atoms with Gasteiger partial charge in [-0.2, -0.15) is 0 Å². The molecule has 4 atom stereocenters. The number of rotatable bonds is 4. The van der Waals surface area contributed by atoms with Crippen LogP contribution in [0.1, 0.15) is 19.4 Å². The summed E-state index contributed by atoms with van der Waals surface area (Å²) in [7, 11) is 0. The van der Waals surface area contributed by atoms with Crippen molar-refractivity contribution in [2.75, 3.05) is 4.90 Å². The first-order chi connectivity index (χ1) is 13.7. The number of imide groups is 1. The molecule has 0 radical (unpaired) electrons. The van der Waals surface area contributed by atoms with Crippen LogP contribution in [0.5, 0.6) is 0 Å². The fraction of sp³-hybridized carbons (Fsp3) is 0.400. The van der Waals surface area contributed by atoms with Gasteiger partial charge in [0.25, 0.3) is 6.29 Å². The molecule has 152 valence electrons. The molecule has 3 aliphatic rings. The monoisotopic (exact) mass is 419 g/mol. The summed E-state index contributed by atoms with van der Waals surface area (Å²) in [4.78, 5) is 50.7. The van der Waals surface area contributed by atoms with Crippen LogP contribution in [0, 0.1) is 18.8 Å². The highest BCUT2D eigenvalue weighted by atomic mass is 35.5. The smallest absolute Gasteiger partial charge is 0.305 e. The van der Waals surface area contributed by atoms with Crippen molar-refractivity contribution in [3.05, 3.63) is 40.9 Å². The molecule has 4 rings (SSSR count). The van der Waals surface area contributed by atoms with E-state index in [1.165, 1.54) is 6.08 Å². The van der Waals surface area contributed by atoms with Gasteiger partial charge in [0.2, 0.25) is 11.8 Å². The zero-order chi connectivity index (χ0) is 21.1. The lowest BCUT2D eigenvalue weighted by molar-refractivity contribution is -0.226. The first kappa shape index (κ1) is 19.6. The molecule has 3 aliphatic heterocycles. The van der Waals surface area contributed by atoms with Gasteiger partial charge in [-0.15, -0.1) is 0 Å². The largest absolute Gasteiger partial charge is 0.422 e. The number of esters is 2. The molecular weight excluding hydrogens is 402 g/mol. The van der Waals surface area contributed by atoms with Gasteiger partial charge in [-0.25, -0.2) is 4.90 Å². The zero-order valence-corrected chi connectivity index (χ0v) is 16.6. The first-order valence-corrected chi connectivity index (χ1v) is 9.39. The van der Waals surface area contributed by atoms with Crippen molar-refractivity contribution in [2.24, 2.45) is 11.8 Å². The number of amides is 2. The number of fused-ring (bicyclic) bond motifs is 5. The quantitative estimate of drug-likeness (QED) is 0.318. The third kappa shape index (κ3) is 2.86. The summed E-state index contributed by atoms with van der Waals surface area (Å²) in [5, 5.41) is 0.421. The first-order valence-electron chi connectivity index (χ1n) is 9.01. The number of anilines is 1. The predicted octanol–water partition coefficient (Wildman–Crippen LogP) is 1.91. The lowest BCUT2D eigenvalue weighted by atomic mass is 9.76. The van der Waals surface area contributed by atoms with Crippen LogP contribution < -0.4 is 4.90 Å². The van der Waals surface area contributed by atoms with Crippen LogP contribution in [0.4, 0.5) is 5.69 Å². The number of halogens is 1. The van der Waals surface area contributed by atoms with E-state index >= 15 is 0 Å². The highest BCUT2D eigenvalue weighted by molar-refractivity contribution is 6.32. The molecule has 3 heterocycles. The Labute approximate surface area is 171 Å². The minimum Gasteiger partial charge on any atom is -0.422 e. The number of carbonyl (C=O) groups is 4. The van der Waals surface area contributed by atoms with Crippen molar-refractivity contribution in [2.45, 2.75) is 38.8 Å². The maximum Gasteiger partial charge on any atom is 0.305 e. The Balaban J connectivity index is 1.75. The third-order valence-corrected chi connectivity index (χ3v) is 5.81. The van der Waals surface area contributed by atoms with E-state index in [4.69, 9.17) is 25.8 Å². The number of aryl methyl sites for hydroxylation is 1. The van der Waals surface area contributed by atoms with Crippen LogP contribution in [0.3, 0.4) is 0 Å². The average molecular weight is 420 g/mol. The SMILES string of the molecule is CC(=O)OC(OC(C)=O)[C@]12C=C[C@H](O1)[C@@H]1C(=O)N(c3ccc(C)c(Cl)c3)C(=O)[C@@H]12. The average Bonchev–Trinajstić information content (AvgIpc) is 3.28. The maximum atomic E-state index is 13.3. The highest BCUT2D eigenvalue weighted by Gasteiger charge is 2.72. The summed E-state index contributed by atoms with van der Waals surface area (Å²) in [6.45, 7) is 4.11. The minimum atomic E-state index is -1.57. The summed E-state index contributed by atoms with van der Waals surface area (Å²) >= 11 is 6.17. The molecule has 0 N–H and O–H groups in total. The zero-order valence-electron chi connectivity index (χ0n) is 15.9. The Kier molecular flexibility index (Phi) is 4.51. The van der Waals surface area contributed by atoms with Crippen molar-refractivity contribution < 1.29 is 33.4 Å². The molecule has 2 bridgehead atoms. The number of hydrogen-bond donors (Lipinski definition) is 0. The van der Waals surface area contributed by atoms with Gasteiger partial charge in [0.05, 0.1) is 23.6 Å². The summed E-state index contributed by atoms with van der Waals surface area (Å²) in [6.07, 6.45) is 0.965. The fourth-order valence-electron chi connectivity index (χ4n) is 4.19. The van der Waals surface area contributed by atoms with E-state index in [1.807, 2.05) is 6.92 Å². The van der Waals surface area contributed by atoms with E-state index in [0.29, 0.717) is 10.7 Å². The molecule has 1 aromatic carbocycles. The van der Waals surface area contributed by atoms with Crippen LogP contribution in [-0.4, -0.2) is 41.7 Å². The molecule has 1 aromatic rings. The van der Waals surface area contributed by atoms with E-state index in [2.05, 4.69) is 0 Å². The molecular formula is C20H18ClNO7. The molecule has 0 aromatic heterocycles. The molecule has 0 aliphatic carbocycles.